The van der Waals surface area contributed by atoms with E-state index in [0.717, 1.165) is 23.8 Å². The van der Waals surface area contributed by atoms with Crippen LogP contribution in [0.2, 0.25) is 0 Å². The Balaban J connectivity index is 1.51. The van der Waals surface area contributed by atoms with Gasteiger partial charge in [0.1, 0.15) is 0 Å². The van der Waals surface area contributed by atoms with E-state index in [4.69, 9.17) is 0 Å². The number of amides is 1. The summed E-state index contributed by atoms with van der Waals surface area (Å²) in [5.41, 5.74) is 3.87. The third-order valence-corrected chi connectivity index (χ3v) is 5.34. The molecule has 0 aromatic heterocycles. The van der Waals surface area contributed by atoms with Gasteiger partial charge in [0.15, 0.2) is 0 Å². The molecule has 0 aliphatic carbocycles. The van der Waals surface area contributed by atoms with Crippen LogP contribution in [0.3, 0.4) is 0 Å². The molecule has 0 saturated carbocycles. The summed E-state index contributed by atoms with van der Waals surface area (Å²) < 4.78 is 0. The molecule has 4 heteroatoms. The van der Waals surface area contributed by atoms with Crippen LogP contribution in [0.25, 0.3) is 0 Å². The van der Waals surface area contributed by atoms with Crippen molar-refractivity contribution in [3.8, 4) is 0 Å². The molecular weight excluding hydrogens is 322 g/mol. The summed E-state index contributed by atoms with van der Waals surface area (Å²) in [5, 5.41) is 2.98. The van der Waals surface area contributed by atoms with Crippen LogP contribution in [-0.4, -0.2) is 24.0 Å². The zero-order valence-corrected chi connectivity index (χ0v) is 15.1. The number of hydrogen-bond donors (Lipinski definition) is 1. The number of thioether (sulfide) groups is 2. The molecule has 122 valence electrons. The van der Waals surface area contributed by atoms with Gasteiger partial charge >= 0.3 is 0 Å². The van der Waals surface area contributed by atoms with E-state index in [2.05, 4.69) is 60.8 Å². The van der Waals surface area contributed by atoms with Crippen molar-refractivity contribution in [2.24, 2.45) is 0 Å². The second-order valence-electron chi connectivity index (χ2n) is 5.37. The Kier molecular flexibility index (Phi) is 8.12. The van der Waals surface area contributed by atoms with Crippen LogP contribution in [-0.2, 0) is 16.3 Å². The van der Waals surface area contributed by atoms with Crippen LogP contribution >= 0.6 is 23.5 Å². The van der Waals surface area contributed by atoms with Crippen molar-refractivity contribution in [1.82, 2.24) is 5.32 Å². The maximum absolute atomic E-state index is 11.8. The van der Waals surface area contributed by atoms with Gasteiger partial charge < -0.3 is 5.32 Å². The molecule has 0 heterocycles. The second kappa shape index (κ2) is 10.4. The van der Waals surface area contributed by atoms with Crippen molar-refractivity contribution in [3.63, 3.8) is 0 Å². The average Bonchev–Trinajstić information content (AvgIpc) is 2.57. The van der Waals surface area contributed by atoms with Gasteiger partial charge in [-0.1, -0.05) is 60.2 Å². The van der Waals surface area contributed by atoms with Crippen LogP contribution in [0.1, 0.15) is 16.7 Å². The van der Waals surface area contributed by atoms with E-state index < -0.39 is 0 Å². The number of carbonyl (C=O) groups excluding carboxylic acids is 1. The highest BCUT2D eigenvalue weighted by atomic mass is 32.2. The maximum atomic E-state index is 11.8. The summed E-state index contributed by atoms with van der Waals surface area (Å²) in [6.45, 7) is 2.82. The summed E-state index contributed by atoms with van der Waals surface area (Å²) in [4.78, 5) is 11.8. The van der Waals surface area contributed by atoms with Crippen LogP contribution in [0.5, 0.6) is 0 Å². The molecule has 0 atom stereocenters. The smallest absolute Gasteiger partial charge is 0.230 e. The first kappa shape index (κ1) is 18.0. The first-order chi connectivity index (χ1) is 11.2. The number of rotatable bonds is 9. The minimum absolute atomic E-state index is 0.127. The Hall–Kier alpha value is -1.39. The number of benzene rings is 2. The maximum Gasteiger partial charge on any atom is 0.230 e. The van der Waals surface area contributed by atoms with Gasteiger partial charge in [0, 0.05) is 23.8 Å². The molecule has 0 saturated heterocycles. The van der Waals surface area contributed by atoms with Gasteiger partial charge in [-0.2, -0.15) is 11.8 Å². The second-order valence-corrected chi connectivity index (χ2v) is 7.46. The largest absolute Gasteiger partial charge is 0.355 e. The molecule has 2 rings (SSSR count). The Morgan fingerprint density at radius 3 is 2.30 bits per heavy atom. The molecule has 2 nitrogen and oxygen atoms in total. The molecule has 1 amide bonds. The lowest BCUT2D eigenvalue weighted by molar-refractivity contribution is -0.118. The van der Waals surface area contributed by atoms with Crippen LogP contribution < -0.4 is 5.32 Å². The minimum Gasteiger partial charge on any atom is -0.355 e. The standard InChI is InChI=1S/C19H23NOS2/c1-16-7-9-18(10-8-16)14-23-15-19(21)20-11-12-22-13-17-5-3-2-4-6-17/h2-10H,11-15H2,1H3,(H,20,21). The van der Waals surface area contributed by atoms with Gasteiger partial charge in [0.25, 0.3) is 0 Å². The Morgan fingerprint density at radius 1 is 0.913 bits per heavy atom. The molecule has 0 aliphatic rings. The number of carbonyl (C=O) groups is 1. The van der Waals surface area contributed by atoms with Crippen LogP contribution in [0, 0.1) is 6.92 Å². The number of hydrogen-bond acceptors (Lipinski definition) is 3. The first-order valence-electron chi connectivity index (χ1n) is 7.76. The predicted molar refractivity (Wildman–Crippen MR) is 103 cm³/mol. The van der Waals surface area contributed by atoms with E-state index in [1.165, 1.54) is 16.7 Å². The summed E-state index contributed by atoms with van der Waals surface area (Å²) >= 11 is 3.51. The molecule has 0 aliphatic heterocycles. The van der Waals surface area contributed by atoms with Gasteiger partial charge in [-0.05, 0) is 18.1 Å². The molecule has 2 aromatic rings. The van der Waals surface area contributed by atoms with Gasteiger partial charge in [-0.3, -0.25) is 4.79 Å². The lowest BCUT2D eigenvalue weighted by Gasteiger charge is -2.06. The molecular formula is C19H23NOS2. The van der Waals surface area contributed by atoms with Gasteiger partial charge in [-0.15, -0.1) is 11.8 Å². The molecule has 2 aromatic carbocycles. The minimum atomic E-state index is 0.127. The average molecular weight is 346 g/mol. The summed E-state index contributed by atoms with van der Waals surface area (Å²) in [6, 6.07) is 18.9. The van der Waals surface area contributed by atoms with E-state index in [0.29, 0.717) is 5.75 Å². The van der Waals surface area contributed by atoms with Crippen molar-refractivity contribution in [2.75, 3.05) is 18.1 Å². The quantitative estimate of drug-likeness (QED) is 0.688. The zero-order chi connectivity index (χ0) is 16.3. The van der Waals surface area contributed by atoms with E-state index in [1.54, 1.807) is 11.8 Å². The highest BCUT2D eigenvalue weighted by molar-refractivity contribution is 7.99. The first-order valence-corrected chi connectivity index (χ1v) is 10.1. The molecule has 0 spiro atoms. The van der Waals surface area contributed by atoms with Gasteiger partial charge in [0.2, 0.25) is 5.91 Å². The van der Waals surface area contributed by atoms with E-state index >= 15 is 0 Å². The Labute approximate surface area is 147 Å². The van der Waals surface area contributed by atoms with E-state index in [1.807, 2.05) is 17.8 Å². The van der Waals surface area contributed by atoms with E-state index in [-0.39, 0.29) is 5.91 Å². The number of aryl methyl sites for hydroxylation is 1. The highest BCUT2D eigenvalue weighted by Gasteiger charge is 2.02. The monoisotopic (exact) mass is 345 g/mol. The van der Waals surface area contributed by atoms with Gasteiger partial charge in [-0.25, -0.2) is 0 Å². The third kappa shape index (κ3) is 7.62. The fraction of sp³-hybridized carbons (Fsp3) is 0.316. The normalized spacial score (nSPS) is 10.5. The fourth-order valence-electron chi connectivity index (χ4n) is 2.02. The Bertz CT molecular complexity index is 584. The molecule has 0 unspecified atom stereocenters. The lowest BCUT2D eigenvalue weighted by Crippen LogP contribution is -2.27. The lowest BCUT2D eigenvalue weighted by atomic mass is 10.2. The highest BCUT2D eigenvalue weighted by Crippen LogP contribution is 2.13. The van der Waals surface area contributed by atoms with Crippen molar-refractivity contribution in [3.05, 3.63) is 71.3 Å². The van der Waals surface area contributed by atoms with Crippen molar-refractivity contribution in [2.45, 2.75) is 18.4 Å². The zero-order valence-electron chi connectivity index (χ0n) is 13.5. The van der Waals surface area contributed by atoms with Crippen molar-refractivity contribution >= 4 is 29.4 Å². The Morgan fingerprint density at radius 2 is 1.57 bits per heavy atom. The fourth-order valence-corrected chi connectivity index (χ4v) is 3.66. The molecule has 23 heavy (non-hydrogen) atoms. The molecule has 0 fully saturated rings. The van der Waals surface area contributed by atoms with Crippen molar-refractivity contribution < 1.29 is 4.79 Å². The van der Waals surface area contributed by atoms with Crippen LogP contribution in [0.15, 0.2) is 54.6 Å². The van der Waals surface area contributed by atoms with E-state index in [9.17, 15) is 4.79 Å². The third-order valence-electron chi connectivity index (χ3n) is 3.30. The van der Waals surface area contributed by atoms with Crippen LogP contribution in [0.4, 0.5) is 0 Å². The predicted octanol–water partition coefficient (Wildman–Crippen LogP) is 4.28. The SMILES string of the molecule is Cc1ccc(CSCC(=O)NCCSCc2ccccc2)cc1. The summed E-state index contributed by atoms with van der Waals surface area (Å²) in [6.07, 6.45) is 0. The molecule has 1 N–H and O–H groups in total. The molecule has 0 radical (unpaired) electrons. The summed E-state index contributed by atoms with van der Waals surface area (Å²) in [7, 11) is 0. The number of nitrogens with one attached hydrogen (secondary N) is 1. The summed E-state index contributed by atoms with van der Waals surface area (Å²) in [5.74, 6) is 3.48. The van der Waals surface area contributed by atoms with Crippen molar-refractivity contribution in [1.29, 1.82) is 0 Å². The topological polar surface area (TPSA) is 29.1 Å². The van der Waals surface area contributed by atoms with Gasteiger partial charge in [0.05, 0.1) is 5.75 Å². The molecule has 0 bridgehead atoms.